The fourth-order valence-electron chi connectivity index (χ4n) is 1.95. The first-order valence-corrected chi connectivity index (χ1v) is 6.98. The number of halogens is 1. The third-order valence-electron chi connectivity index (χ3n) is 2.99. The number of hydrogen-bond donors (Lipinski definition) is 1. The lowest BCUT2D eigenvalue weighted by Crippen LogP contribution is -2.34. The highest BCUT2D eigenvalue weighted by Crippen LogP contribution is 2.14. The fraction of sp³-hybridized carbons (Fsp3) is 0.267. The zero-order valence-corrected chi connectivity index (χ0v) is 12.5. The number of likely N-dealkylation sites (N-methyl/N-ethyl adjacent to an activating group) is 1. The number of benzene rings is 1. The number of carbonyl (C=O) groups excluding carboxylic acids is 1. The largest absolute Gasteiger partial charge is 0.310 e. The van der Waals surface area contributed by atoms with E-state index in [1.165, 1.54) is 16.9 Å². The first kappa shape index (κ1) is 15.9. The van der Waals surface area contributed by atoms with Crippen LogP contribution in [-0.4, -0.2) is 18.9 Å². The molecule has 1 unspecified atom stereocenters. The van der Waals surface area contributed by atoms with Crippen LogP contribution in [-0.2, 0) is 6.42 Å². The molecule has 1 heterocycles. The van der Waals surface area contributed by atoms with Crippen LogP contribution in [0.2, 0.25) is 0 Å². The number of carbonyl (C=O) groups is 1. The molecule has 0 saturated carbocycles. The van der Waals surface area contributed by atoms with E-state index in [4.69, 9.17) is 0 Å². The second-order valence-corrected chi connectivity index (χ2v) is 5.15. The molecule has 0 radical (unpaired) electrons. The monoisotopic (exact) mass is 295 g/mol. The lowest BCUT2D eigenvalue weighted by molar-refractivity contribution is 0.0946. The summed E-state index contributed by atoms with van der Waals surface area (Å²) >= 11 is 1.51. The Morgan fingerprint density at radius 2 is 1.95 bits per heavy atom. The van der Waals surface area contributed by atoms with Crippen molar-refractivity contribution in [3.05, 3.63) is 58.3 Å². The van der Waals surface area contributed by atoms with Gasteiger partial charge in [0, 0.05) is 0 Å². The molecule has 0 fully saturated rings. The number of nitrogens with one attached hydrogen (secondary N) is 1. The Hall–Kier alpha value is -1.16. The molecule has 1 aromatic carbocycles. The Balaban J connectivity index is 0.00000180. The van der Waals surface area contributed by atoms with Gasteiger partial charge < -0.3 is 5.32 Å². The van der Waals surface area contributed by atoms with Gasteiger partial charge in [0.05, 0.1) is 10.9 Å². The highest BCUT2D eigenvalue weighted by Gasteiger charge is 2.18. The topological polar surface area (TPSA) is 29.1 Å². The molecule has 1 aromatic heterocycles. The Labute approximate surface area is 124 Å². The van der Waals surface area contributed by atoms with Crippen molar-refractivity contribution in [2.75, 3.05) is 7.05 Å². The molecule has 1 N–H and O–H groups in total. The number of Topliss-reactive ketones (excluding diaryl/α,β-unsaturated/α-hetero) is 1. The van der Waals surface area contributed by atoms with Crippen LogP contribution in [0.15, 0.2) is 47.8 Å². The van der Waals surface area contributed by atoms with Crippen molar-refractivity contribution in [2.45, 2.75) is 18.9 Å². The summed E-state index contributed by atoms with van der Waals surface area (Å²) in [6.45, 7) is 0. The summed E-state index contributed by atoms with van der Waals surface area (Å²) in [5.41, 5.74) is 1.27. The summed E-state index contributed by atoms with van der Waals surface area (Å²) < 4.78 is 0. The van der Waals surface area contributed by atoms with Crippen molar-refractivity contribution in [3.63, 3.8) is 0 Å². The SMILES string of the molecule is CNC(CCc1ccccc1)C(=O)c1cccs1.Cl. The molecule has 19 heavy (non-hydrogen) atoms. The number of thiophene rings is 1. The van der Waals surface area contributed by atoms with Crippen LogP contribution >= 0.6 is 23.7 Å². The molecular formula is C15H18ClNOS. The summed E-state index contributed by atoms with van der Waals surface area (Å²) in [7, 11) is 1.85. The van der Waals surface area contributed by atoms with Gasteiger partial charge in [-0.15, -0.1) is 23.7 Å². The van der Waals surface area contributed by atoms with Crippen LogP contribution < -0.4 is 5.32 Å². The van der Waals surface area contributed by atoms with Gasteiger partial charge in [0.1, 0.15) is 0 Å². The minimum Gasteiger partial charge on any atom is -0.310 e. The minimum absolute atomic E-state index is 0. The van der Waals surface area contributed by atoms with E-state index in [2.05, 4.69) is 17.4 Å². The van der Waals surface area contributed by atoms with Crippen molar-refractivity contribution < 1.29 is 4.79 Å². The third kappa shape index (κ3) is 4.46. The second-order valence-electron chi connectivity index (χ2n) is 4.21. The van der Waals surface area contributed by atoms with E-state index >= 15 is 0 Å². The number of rotatable bonds is 6. The molecular weight excluding hydrogens is 278 g/mol. The molecule has 1 atom stereocenters. The Morgan fingerprint density at radius 1 is 1.21 bits per heavy atom. The first-order valence-electron chi connectivity index (χ1n) is 6.10. The van der Waals surface area contributed by atoms with Gasteiger partial charge in [0.25, 0.3) is 0 Å². The molecule has 0 aliphatic carbocycles. The van der Waals surface area contributed by atoms with Gasteiger partial charge in [-0.2, -0.15) is 0 Å². The molecule has 0 amide bonds. The molecule has 102 valence electrons. The van der Waals surface area contributed by atoms with E-state index < -0.39 is 0 Å². The Kier molecular flexibility index (Phi) is 6.78. The van der Waals surface area contributed by atoms with Crippen molar-refractivity contribution >= 4 is 29.5 Å². The highest BCUT2D eigenvalue weighted by molar-refractivity contribution is 7.12. The van der Waals surface area contributed by atoms with E-state index in [0.717, 1.165) is 17.7 Å². The van der Waals surface area contributed by atoms with Crippen molar-refractivity contribution in [1.82, 2.24) is 5.32 Å². The van der Waals surface area contributed by atoms with Gasteiger partial charge in [-0.05, 0) is 36.9 Å². The molecule has 2 nitrogen and oxygen atoms in total. The molecule has 2 aromatic rings. The molecule has 0 aliphatic heterocycles. The maximum absolute atomic E-state index is 12.2. The van der Waals surface area contributed by atoms with Gasteiger partial charge in [-0.3, -0.25) is 4.79 Å². The van der Waals surface area contributed by atoms with Gasteiger partial charge >= 0.3 is 0 Å². The normalized spacial score (nSPS) is 11.6. The Bertz CT molecular complexity index is 484. The van der Waals surface area contributed by atoms with E-state index in [9.17, 15) is 4.79 Å². The fourth-order valence-corrected chi connectivity index (χ4v) is 2.67. The summed E-state index contributed by atoms with van der Waals surface area (Å²) in [5, 5.41) is 5.06. The quantitative estimate of drug-likeness (QED) is 0.826. The average molecular weight is 296 g/mol. The first-order chi connectivity index (χ1) is 8.81. The van der Waals surface area contributed by atoms with Crippen LogP contribution in [0.1, 0.15) is 21.7 Å². The standard InChI is InChI=1S/C15H17NOS.ClH/c1-16-13(15(17)14-8-5-11-18-14)10-9-12-6-3-2-4-7-12;/h2-8,11,13,16H,9-10H2,1H3;1H. The molecule has 0 spiro atoms. The van der Waals surface area contributed by atoms with E-state index in [1.54, 1.807) is 0 Å². The summed E-state index contributed by atoms with van der Waals surface area (Å²) in [4.78, 5) is 13.0. The maximum Gasteiger partial charge on any atom is 0.189 e. The predicted molar refractivity (Wildman–Crippen MR) is 83.5 cm³/mol. The minimum atomic E-state index is -0.0937. The van der Waals surface area contributed by atoms with Crippen LogP contribution in [0.5, 0.6) is 0 Å². The summed E-state index contributed by atoms with van der Waals surface area (Å²) in [5.74, 6) is 0.198. The van der Waals surface area contributed by atoms with Crippen molar-refractivity contribution in [3.8, 4) is 0 Å². The lowest BCUT2D eigenvalue weighted by atomic mass is 10.0. The number of aryl methyl sites for hydroxylation is 1. The zero-order chi connectivity index (χ0) is 12.8. The highest BCUT2D eigenvalue weighted by atomic mass is 35.5. The smallest absolute Gasteiger partial charge is 0.189 e. The Morgan fingerprint density at radius 3 is 2.53 bits per heavy atom. The zero-order valence-electron chi connectivity index (χ0n) is 10.8. The van der Waals surface area contributed by atoms with E-state index in [1.807, 2.05) is 42.8 Å². The molecule has 4 heteroatoms. The molecule has 0 bridgehead atoms. The average Bonchev–Trinajstić information content (AvgIpc) is 2.94. The van der Waals surface area contributed by atoms with E-state index in [0.29, 0.717) is 0 Å². The number of hydrogen-bond acceptors (Lipinski definition) is 3. The van der Waals surface area contributed by atoms with Crippen LogP contribution in [0.4, 0.5) is 0 Å². The summed E-state index contributed by atoms with van der Waals surface area (Å²) in [6.07, 6.45) is 1.75. The van der Waals surface area contributed by atoms with Crippen LogP contribution in [0.25, 0.3) is 0 Å². The molecule has 0 saturated heterocycles. The lowest BCUT2D eigenvalue weighted by Gasteiger charge is -2.13. The van der Waals surface area contributed by atoms with Gasteiger partial charge in [-0.1, -0.05) is 36.4 Å². The van der Waals surface area contributed by atoms with Crippen LogP contribution in [0.3, 0.4) is 0 Å². The summed E-state index contributed by atoms with van der Waals surface area (Å²) in [6, 6.07) is 14.0. The van der Waals surface area contributed by atoms with Crippen molar-refractivity contribution in [2.24, 2.45) is 0 Å². The van der Waals surface area contributed by atoms with E-state index in [-0.39, 0.29) is 24.2 Å². The van der Waals surface area contributed by atoms with Gasteiger partial charge in [-0.25, -0.2) is 0 Å². The van der Waals surface area contributed by atoms with Gasteiger partial charge in [0.2, 0.25) is 0 Å². The second kappa shape index (κ2) is 8.10. The maximum atomic E-state index is 12.2. The van der Waals surface area contributed by atoms with Gasteiger partial charge in [0.15, 0.2) is 5.78 Å². The number of ketones is 1. The molecule has 2 rings (SSSR count). The third-order valence-corrected chi connectivity index (χ3v) is 3.88. The van der Waals surface area contributed by atoms with Crippen LogP contribution in [0, 0.1) is 0 Å². The predicted octanol–water partition coefficient (Wildman–Crippen LogP) is 3.57. The molecule has 0 aliphatic rings. The van der Waals surface area contributed by atoms with Crippen molar-refractivity contribution in [1.29, 1.82) is 0 Å².